The molecule has 1 heterocycles. The van der Waals surface area contributed by atoms with Crippen LogP contribution in [0.5, 0.6) is 0 Å². The number of ether oxygens (including phenoxy) is 1. The SMILES string of the molecule is C=C/C(=C\C(=C\N(C)C)C(=C)C)c1nc(SCSCCOC)c(C#N)c(-c2ccccc2)c1C#N. The van der Waals surface area contributed by atoms with Gasteiger partial charge in [0.1, 0.15) is 17.2 Å². The summed E-state index contributed by atoms with van der Waals surface area (Å²) in [5, 5.41) is 21.7. The molecule has 0 amide bonds. The minimum Gasteiger partial charge on any atom is -0.384 e. The molecule has 0 saturated heterocycles. The quantitative estimate of drug-likeness (QED) is 0.142. The van der Waals surface area contributed by atoms with Crippen LogP contribution in [0.25, 0.3) is 16.7 Å². The van der Waals surface area contributed by atoms with E-state index in [1.165, 1.54) is 11.8 Å². The third-order valence-corrected chi connectivity index (χ3v) is 7.02. The number of benzene rings is 1. The molecule has 0 saturated carbocycles. The average molecular weight is 503 g/mol. The Bertz CT molecular complexity index is 1200. The first-order valence-electron chi connectivity index (χ1n) is 10.9. The monoisotopic (exact) mass is 502 g/mol. The van der Waals surface area contributed by atoms with Crippen LogP contribution in [0.3, 0.4) is 0 Å². The predicted molar refractivity (Wildman–Crippen MR) is 149 cm³/mol. The van der Waals surface area contributed by atoms with Gasteiger partial charge in [0.15, 0.2) is 0 Å². The number of aromatic nitrogens is 1. The molecule has 0 radical (unpaired) electrons. The second kappa shape index (κ2) is 14.2. The van der Waals surface area contributed by atoms with Crippen LogP contribution < -0.4 is 0 Å². The van der Waals surface area contributed by atoms with E-state index in [0.29, 0.717) is 44.7 Å². The molecular formula is C28H30N4OS2. The van der Waals surface area contributed by atoms with E-state index in [0.717, 1.165) is 22.5 Å². The predicted octanol–water partition coefficient (Wildman–Crippen LogP) is 6.51. The van der Waals surface area contributed by atoms with Gasteiger partial charge in [-0.3, -0.25) is 0 Å². The number of pyridine rings is 1. The molecule has 2 aromatic rings. The number of methoxy groups -OCH3 is 1. The molecule has 5 nitrogen and oxygen atoms in total. The fourth-order valence-corrected chi connectivity index (χ4v) is 5.21. The van der Waals surface area contributed by atoms with E-state index in [9.17, 15) is 10.5 Å². The van der Waals surface area contributed by atoms with Crippen molar-refractivity contribution in [1.29, 1.82) is 10.5 Å². The van der Waals surface area contributed by atoms with Crippen molar-refractivity contribution in [1.82, 2.24) is 9.88 Å². The molecule has 0 fully saturated rings. The van der Waals surface area contributed by atoms with Crippen molar-refractivity contribution in [3.05, 3.63) is 89.8 Å². The van der Waals surface area contributed by atoms with E-state index >= 15 is 0 Å². The van der Waals surface area contributed by atoms with Gasteiger partial charge in [0, 0.05) is 49.4 Å². The highest BCUT2D eigenvalue weighted by atomic mass is 32.2. The van der Waals surface area contributed by atoms with E-state index in [1.54, 1.807) is 24.9 Å². The standard InChI is InChI=1S/C28H30N4OS2/c1-7-21(15-23(20(2)3)18-32(4)5)27-24(16-29)26(22-11-9-8-10-12-22)25(17-30)28(31-27)35-19-34-14-13-33-6/h7-12,15,18H,1-2,13-14,19H2,3-6H3/b21-15+,23-18-. The van der Waals surface area contributed by atoms with Crippen LogP contribution in [0.1, 0.15) is 23.7 Å². The Morgan fingerprint density at radius 3 is 2.40 bits per heavy atom. The lowest BCUT2D eigenvalue weighted by Crippen LogP contribution is -2.05. The van der Waals surface area contributed by atoms with Gasteiger partial charge < -0.3 is 9.64 Å². The highest BCUT2D eigenvalue weighted by Crippen LogP contribution is 2.38. The molecule has 0 aliphatic heterocycles. The van der Waals surface area contributed by atoms with Crippen molar-refractivity contribution in [2.24, 2.45) is 0 Å². The Balaban J connectivity index is 2.81. The van der Waals surface area contributed by atoms with Crippen LogP contribution in [0.2, 0.25) is 0 Å². The second-order valence-electron chi connectivity index (χ2n) is 7.78. The van der Waals surface area contributed by atoms with E-state index < -0.39 is 0 Å². The van der Waals surface area contributed by atoms with Gasteiger partial charge in [-0.2, -0.15) is 10.5 Å². The van der Waals surface area contributed by atoms with Gasteiger partial charge in [-0.05, 0) is 29.7 Å². The normalized spacial score (nSPS) is 11.5. The third-order valence-electron chi connectivity index (χ3n) is 4.86. The van der Waals surface area contributed by atoms with Gasteiger partial charge >= 0.3 is 0 Å². The molecule has 0 spiro atoms. The van der Waals surface area contributed by atoms with Crippen molar-refractivity contribution in [2.75, 3.05) is 38.6 Å². The van der Waals surface area contributed by atoms with Gasteiger partial charge in [0.25, 0.3) is 0 Å². The minimum absolute atomic E-state index is 0.348. The summed E-state index contributed by atoms with van der Waals surface area (Å²) in [6, 6.07) is 14.2. The second-order valence-corrected chi connectivity index (χ2v) is 10.2. The van der Waals surface area contributed by atoms with Crippen molar-refractivity contribution < 1.29 is 4.74 Å². The fraction of sp³-hybridized carbons (Fsp3) is 0.250. The molecule has 2 rings (SSSR count). The van der Waals surface area contributed by atoms with Gasteiger partial charge in [-0.25, -0.2) is 4.98 Å². The molecule has 1 aromatic heterocycles. The molecular weight excluding hydrogens is 472 g/mol. The Morgan fingerprint density at radius 1 is 1.17 bits per heavy atom. The fourth-order valence-electron chi connectivity index (χ4n) is 3.22. The zero-order chi connectivity index (χ0) is 25.8. The highest BCUT2D eigenvalue weighted by Gasteiger charge is 2.23. The summed E-state index contributed by atoms with van der Waals surface area (Å²) in [5.41, 5.74) is 5.09. The molecule has 35 heavy (non-hydrogen) atoms. The summed E-state index contributed by atoms with van der Waals surface area (Å²) in [5.74, 6) is 0.842. The van der Waals surface area contributed by atoms with Gasteiger partial charge in [-0.15, -0.1) is 11.8 Å². The van der Waals surface area contributed by atoms with Crippen LogP contribution in [0.15, 0.2) is 78.0 Å². The van der Waals surface area contributed by atoms with Crippen LogP contribution in [-0.2, 0) is 4.74 Å². The number of allylic oxidation sites excluding steroid dienone is 5. The van der Waals surface area contributed by atoms with Crippen molar-refractivity contribution in [3.8, 4) is 23.3 Å². The number of thioether (sulfide) groups is 2. The summed E-state index contributed by atoms with van der Waals surface area (Å²) in [6.45, 7) is 10.7. The van der Waals surface area contributed by atoms with Crippen molar-refractivity contribution in [3.63, 3.8) is 0 Å². The Morgan fingerprint density at radius 2 is 1.86 bits per heavy atom. The topological polar surface area (TPSA) is 72.9 Å². The lowest BCUT2D eigenvalue weighted by atomic mass is 9.92. The summed E-state index contributed by atoms with van der Waals surface area (Å²) < 4.78 is 5.13. The lowest BCUT2D eigenvalue weighted by molar-refractivity contribution is 0.219. The smallest absolute Gasteiger partial charge is 0.116 e. The number of nitriles is 2. The van der Waals surface area contributed by atoms with Crippen LogP contribution >= 0.6 is 23.5 Å². The molecule has 0 aliphatic carbocycles. The van der Waals surface area contributed by atoms with Gasteiger partial charge in [0.2, 0.25) is 0 Å². The summed E-state index contributed by atoms with van der Waals surface area (Å²) in [6.07, 6.45) is 5.58. The summed E-state index contributed by atoms with van der Waals surface area (Å²) >= 11 is 3.20. The van der Waals surface area contributed by atoms with Crippen LogP contribution in [0.4, 0.5) is 0 Å². The van der Waals surface area contributed by atoms with Gasteiger partial charge in [-0.1, -0.05) is 61.3 Å². The number of hydrogen-bond donors (Lipinski definition) is 0. The molecule has 0 aliphatic rings. The zero-order valence-corrected chi connectivity index (χ0v) is 22.3. The first kappa shape index (κ1) is 28.0. The number of nitrogens with zero attached hydrogens (tertiary/aromatic N) is 4. The maximum atomic E-state index is 10.3. The maximum Gasteiger partial charge on any atom is 0.116 e. The first-order chi connectivity index (χ1) is 16.9. The largest absolute Gasteiger partial charge is 0.384 e. The van der Waals surface area contributed by atoms with Crippen LogP contribution in [-0.4, -0.2) is 48.5 Å². The van der Waals surface area contributed by atoms with E-state index in [2.05, 4.69) is 25.3 Å². The van der Waals surface area contributed by atoms with Crippen molar-refractivity contribution >= 4 is 29.1 Å². The first-order valence-corrected chi connectivity index (χ1v) is 13.0. The Labute approximate surface area is 217 Å². The Hall–Kier alpha value is -3.23. The molecule has 180 valence electrons. The maximum absolute atomic E-state index is 10.3. The highest BCUT2D eigenvalue weighted by molar-refractivity contribution is 8.16. The Kier molecular flexibility index (Phi) is 11.4. The van der Waals surface area contributed by atoms with E-state index in [4.69, 9.17) is 9.72 Å². The average Bonchev–Trinajstić information content (AvgIpc) is 2.85. The molecule has 0 atom stereocenters. The van der Waals surface area contributed by atoms with E-state index in [1.807, 2.05) is 68.5 Å². The van der Waals surface area contributed by atoms with Crippen molar-refractivity contribution in [2.45, 2.75) is 11.9 Å². The zero-order valence-electron chi connectivity index (χ0n) is 20.7. The molecule has 7 heteroatoms. The lowest BCUT2D eigenvalue weighted by Gasteiger charge is -2.16. The van der Waals surface area contributed by atoms with E-state index in [-0.39, 0.29) is 0 Å². The molecule has 1 aromatic carbocycles. The minimum atomic E-state index is 0.348. The molecule has 0 bridgehead atoms. The third kappa shape index (κ3) is 7.63. The number of hydrogen-bond acceptors (Lipinski definition) is 7. The molecule has 0 N–H and O–H groups in total. The van der Waals surface area contributed by atoms with Gasteiger partial charge in [0.05, 0.1) is 23.4 Å². The summed E-state index contributed by atoms with van der Waals surface area (Å²) in [7, 11) is 5.55. The molecule has 0 unspecified atom stereocenters. The van der Waals surface area contributed by atoms with Crippen LogP contribution in [0, 0.1) is 22.7 Å². The summed E-state index contributed by atoms with van der Waals surface area (Å²) in [4.78, 5) is 6.78. The number of rotatable bonds is 12.